The van der Waals surface area contributed by atoms with Gasteiger partial charge in [-0.1, -0.05) is 6.07 Å². The van der Waals surface area contributed by atoms with Gasteiger partial charge in [-0.2, -0.15) is 0 Å². The smallest absolute Gasteiger partial charge is 0.261 e. The molecule has 0 radical (unpaired) electrons. The zero-order valence-corrected chi connectivity index (χ0v) is 16.4. The average Bonchev–Trinajstić information content (AvgIpc) is 3.30. The number of rotatable bonds is 5. The number of nitrogens with one attached hydrogen (secondary N) is 3. The van der Waals surface area contributed by atoms with E-state index in [0.717, 1.165) is 21.7 Å². The van der Waals surface area contributed by atoms with Gasteiger partial charge in [0.15, 0.2) is 0 Å². The van der Waals surface area contributed by atoms with Crippen LogP contribution in [0, 0.1) is 0 Å². The molecule has 0 bridgehead atoms. The fourth-order valence-electron chi connectivity index (χ4n) is 2.74. The van der Waals surface area contributed by atoms with Gasteiger partial charge in [0.05, 0.1) is 26.5 Å². The SMILES string of the molecule is CC(=O)Nc1ccc(S(=O)(=O)Nc2ccc3nc(-c4cccs4)[nH]c3c2)cc1. The maximum Gasteiger partial charge on any atom is 0.261 e. The van der Waals surface area contributed by atoms with Crippen molar-refractivity contribution in [1.29, 1.82) is 0 Å². The Morgan fingerprint density at radius 3 is 2.50 bits per heavy atom. The van der Waals surface area contributed by atoms with E-state index in [4.69, 9.17) is 0 Å². The summed E-state index contributed by atoms with van der Waals surface area (Å²) in [4.78, 5) is 19.9. The quantitative estimate of drug-likeness (QED) is 0.460. The lowest BCUT2D eigenvalue weighted by Crippen LogP contribution is -2.13. The maximum atomic E-state index is 12.6. The van der Waals surface area contributed by atoms with Gasteiger partial charge in [-0.25, -0.2) is 13.4 Å². The van der Waals surface area contributed by atoms with Crippen molar-refractivity contribution >= 4 is 49.7 Å². The zero-order chi connectivity index (χ0) is 19.7. The van der Waals surface area contributed by atoms with Crippen LogP contribution in [-0.2, 0) is 14.8 Å². The third kappa shape index (κ3) is 3.75. The molecule has 2 aromatic heterocycles. The molecule has 0 unspecified atom stereocenters. The molecule has 0 aliphatic carbocycles. The van der Waals surface area contributed by atoms with E-state index in [0.29, 0.717) is 11.4 Å². The van der Waals surface area contributed by atoms with Crippen LogP contribution < -0.4 is 10.0 Å². The van der Waals surface area contributed by atoms with E-state index in [1.807, 2.05) is 17.5 Å². The molecule has 28 heavy (non-hydrogen) atoms. The summed E-state index contributed by atoms with van der Waals surface area (Å²) in [5.74, 6) is 0.530. The normalized spacial score (nSPS) is 11.5. The summed E-state index contributed by atoms with van der Waals surface area (Å²) in [6.07, 6.45) is 0. The Bertz CT molecular complexity index is 1240. The highest BCUT2D eigenvalue weighted by Crippen LogP contribution is 2.27. The van der Waals surface area contributed by atoms with Crippen LogP contribution in [-0.4, -0.2) is 24.3 Å². The van der Waals surface area contributed by atoms with Gasteiger partial charge in [-0.15, -0.1) is 11.3 Å². The van der Waals surface area contributed by atoms with Crippen molar-refractivity contribution in [1.82, 2.24) is 9.97 Å². The molecule has 4 rings (SSSR count). The molecule has 2 heterocycles. The van der Waals surface area contributed by atoms with Gasteiger partial charge in [0.1, 0.15) is 5.82 Å². The number of thiophene rings is 1. The van der Waals surface area contributed by atoms with Crippen LogP contribution in [0.4, 0.5) is 11.4 Å². The number of amides is 1. The monoisotopic (exact) mass is 412 g/mol. The molecular formula is C19H16N4O3S2. The minimum absolute atomic E-state index is 0.102. The summed E-state index contributed by atoms with van der Waals surface area (Å²) in [6, 6.07) is 15.0. The number of aromatic amines is 1. The van der Waals surface area contributed by atoms with E-state index in [-0.39, 0.29) is 10.8 Å². The molecule has 2 aromatic carbocycles. The summed E-state index contributed by atoms with van der Waals surface area (Å²) in [5, 5.41) is 4.57. The molecular weight excluding hydrogens is 396 g/mol. The maximum absolute atomic E-state index is 12.6. The number of fused-ring (bicyclic) bond motifs is 1. The third-order valence-corrected chi connectivity index (χ3v) is 6.25. The number of anilines is 2. The average molecular weight is 412 g/mol. The van der Waals surface area contributed by atoms with E-state index in [2.05, 4.69) is 20.0 Å². The van der Waals surface area contributed by atoms with Crippen molar-refractivity contribution in [2.75, 3.05) is 10.0 Å². The van der Waals surface area contributed by atoms with E-state index in [9.17, 15) is 13.2 Å². The first-order valence-electron chi connectivity index (χ1n) is 8.35. The molecule has 0 spiro atoms. The molecule has 4 aromatic rings. The molecule has 0 aliphatic rings. The van der Waals surface area contributed by atoms with Crippen LogP contribution in [0.25, 0.3) is 21.7 Å². The fraction of sp³-hybridized carbons (Fsp3) is 0.0526. The fourth-order valence-corrected chi connectivity index (χ4v) is 4.46. The highest BCUT2D eigenvalue weighted by Gasteiger charge is 2.15. The highest BCUT2D eigenvalue weighted by atomic mass is 32.2. The molecule has 0 atom stereocenters. The Morgan fingerprint density at radius 1 is 1.07 bits per heavy atom. The Kier molecular flexibility index (Phi) is 4.62. The van der Waals surface area contributed by atoms with E-state index in [1.165, 1.54) is 19.1 Å². The second-order valence-electron chi connectivity index (χ2n) is 6.11. The number of hydrogen-bond donors (Lipinski definition) is 3. The van der Waals surface area contributed by atoms with Gasteiger partial charge in [0.25, 0.3) is 10.0 Å². The summed E-state index contributed by atoms with van der Waals surface area (Å²) in [6.45, 7) is 1.39. The zero-order valence-electron chi connectivity index (χ0n) is 14.8. The Labute approximate surface area is 165 Å². The lowest BCUT2D eigenvalue weighted by molar-refractivity contribution is -0.114. The summed E-state index contributed by atoms with van der Waals surface area (Å²) in [7, 11) is -3.76. The molecule has 7 nitrogen and oxygen atoms in total. The molecule has 1 amide bonds. The van der Waals surface area contributed by atoms with E-state index < -0.39 is 10.0 Å². The summed E-state index contributed by atoms with van der Waals surface area (Å²) >= 11 is 1.58. The Morgan fingerprint density at radius 2 is 1.82 bits per heavy atom. The number of aromatic nitrogens is 2. The van der Waals surface area contributed by atoms with Gasteiger partial charge in [-0.05, 0) is 53.9 Å². The van der Waals surface area contributed by atoms with Gasteiger partial charge >= 0.3 is 0 Å². The Balaban J connectivity index is 1.58. The van der Waals surface area contributed by atoms with Crippen molar-refractivity contribution in [2.24, 2.45) is 0 Å². The molecule has 9 heteroatoms. The number of H-pyrrole nitrogens is 1. The van der Waals surface area contributed by atoms with Crippen LogP contribution in [0.5, 0.6) is 0 Å². The third-order valence-electron chi connectivity index (χ3n) is 3.97. The second-order valence-corrected chi connectivity index (χ2v) is 8.74. The minimum atomic E-state index is -3.76. The number of sulfonamides is 1. The number of carbonyl (C=O) groups excluding carboxylic acids is 1. The molecule has 0 aliphatic heterocycles. The van der Waals surface area contributed by atoms with Crippen molar-refractivity contribution in [3.8, 4) is 10.7 Å². The number of carbonyl (C=O) groups is 1. The van der Waals surface area contributed by atoms with Crippen molar-refractivity contribution in [2.45, 2.75) is 11.8 Å². The first-order valence-corrected chi connectivity index (χ1v) is 10.7. The summed E-state index contributed by atoms with van der Waals surface area (Å²) in [5.41, 5.74) is 2.46. The largest absolute Gasteiger partial charge is 0.337 e. The lowest BCUT2D eigenvalue weighted by Gasteiger charge is -2.09. The van der Waals surface area contributed by atoms with Gasteiger partial charge < -0.3 is 10.3 Å². The summed E-state index contributed by atoms with van der Waals surface area (Å²) < 4.78 is 27.9. The molecule has 0 saturated carbocycles. The standard InChI is InChI=1S/C19H16N4O3S2/c1-12(24)20-13-4-7-15(8-5-13)28(25,26)23-14-6-9-16-17(11-14)22-19(21-16)18-3-2-10-27-18/h2-11,23H,1H3,(H,20,24)(H,21,22). The number of nitrogens with zero attached hydrogens (tertiary/aromatic N) is 1. The van der Waals surface area contributed by atoms with Crippen LogP contribution in [0.3, 0.4) is 0 Å². The molecule has 142 valence electrons. The van der Waals surface area contributed by atoms with Crippen molar-refractivity contribution < 1.29 is 13.2 Å². The Hall–Kier alpha value is -3.17. The highest BCUT2D eigenvalue weighted by molar-refractivity contribution is 7.92. The van der Waals surface area contributed by atoms with Gasteiger partial charge in [0, 0.05) is 12.6 Å². The predicted octanol–water partition coefficient (Wildman–Crippen LogP) is 4.05. The number of hydrogen-bond acceptors (Lipinski definition) is 5. The van der Waals surface area contributed by atoms with E-state index in [1.54, 1.807) is 41.7 Å². The van der Waals surface area contributed by atoms with Crippen LogP contribution in [0.1, 0.15) is 6.92 Å². The molecule has 0 fully saturated rings. The van der Waals surface area contributed by atoms with Crippen molar-refractivity contribution in [3.63, 3.8) is 0 Å². The first-order chi connectivity index (χ1) is 13.4. The number of imidazole rings is 1. The van der Waals surface area contributed by atoms with Crippen LogP contribution in [0.2, 0.25) is 0 Å². The van der Waals surface area contributed by atoms with Gasteiger partial charge in [-0.3, -0.25) is 9.52 Å². The first kappa shape index (κ1) is 18.2. The molecule has 3 N–H and O–H groups in total. The van der Waals surface area contributed by atoms with Crippen molar-refractivity contribution in [3.05, 3.63) is 60.0 Å². The van der Waals surface area contributed by atoms with Crippen LogP contribution >= 0.6 is 11.3 Å². The minimum Gasteiger partial charge on any atom is -0.337 e. The topological polar surface area (TPSA) is 104 Å². The molecule has 0 saturated heterocycles. The predicted molar refractivity (Wildman–Crippen MR) is 111 cm³/mol. The van der Waals surface area contributed by atoms with Gasteiger partial charge in [0.2, 0.25) is 5.91 Å². The van der Waals surface area contributed by atoms with Crippen LogP contribution in [0.15, 0.2) is 64.9 Å². The van der Waals surface area contributed by atoms with E-state index >= 15 is 0 Å². The lowest BCUT2D eigenvalue weighted by atomic mass is 10.3. The second kappa shape index (κ2) is 7.10. The number of benzene rings is 2.